The zero-order chi connectivity index (χ0) is 27.9. The molecule has 7 nitrogen and oxygen atoms in total. The van der Waals surface area contributed by atoms with E-state index in [1.807, 2.05) is 0 Å². The number of benzene rings is 1. The summed E-state index contributed by atoms with van der Waals surface area (Å²) in [7, 11) is 1.49. The Morgan fingerprint density at radius 1 is 1.13 bits per heavy atom. The summed E-state index contributed by atoms with van der Waals surface area (Å²) in [5.74, 6) is 3.25. The number of hydrazone groups is 1. The molecule has 0 saturated heterocycles. The number of hydrogen-bond acceptors (Lipinski definition) is 6. The predicted octanol–water partition coefficient (Wildman–Crippen LogP) is 5.26. The minimum absolute atomic E-state index is 0.0641. The summed E-state index contributed by atoms with van der Waals surface area (Å²) in [5, 5.41) is 35.6. The number of nitrogens with one attached hydrogen (secondary N) is 1. The van der Waals surface area contributed by atoms with Gasteiger partial charge in [0, 0.05) is 6.42 Å². The number of amides is 1. The van der Waals surface area contributed by atoms with Gasteiger partial charge in [0.1, 0.15) is 0 Å². The molecule has 0 radical (unpaired) electrons. The second kappa shape index (κ2) is 11.0. The van der Waals surface area contributed by atoms with Crippen LogP contribution in [-0.2, 0) is 4.79 Å². The Kier molecular flexibility index (Phi) is 8.04. The van der Waals surface area contributed by atoms with Crippen molar-refractivity contribution in [2.24, 2.45) is 51.4 Å². The van der Waals surface area contributed by atoms with Crippen molar-refractivity contribution in [3.8, 4) is 11.5 Å². The van der Waals surface area contributed by atoms with Crippen molar-refractivity contribution < 1.29 is 24.9 Å². The van der Waals surface area contributed by atoms with Gasteiger partial charge in [0.15, 0.2) is 11.5 Å². The number of aliphatic hydroxyl groups excluding tert-OH is 2. The van der Waals surface area contributed by atoms with Crippen molar-refractivity contribution >= 4 is 12.1 Å². The quantitative estimate of drug-likeness (QED) is 0.279. The second-order valence-corrected chi connectivity index (χ2v) is 13.7. The molecule has 4 saturated carbocycles. The Balaban J connectivity index is 1.18. The van der Waals surface area contributed by atoms with Crippen molar-refractivity contribution in [1.82, 2.24) is 5.43 Å². The van der Waals surface area contributed by atoms with Crippen LogP contribution >= 0.6 is 0 Å². The smallest absolute Gasteiger partial charge is 0.240 e. The number of fused-ring (bicyclic) bond motifs is 5. The highest BCUT2D eigenvalue weighted by molar-refractivity contribution is 5.83. The van der Waals surface area contributed by atoms with Gasteiger partial charge in [0.05, 0.1) is 25.5 Å². The van der Waals surface area contributed by atoms with Crippen LogP contribution in [0.25, 0.3) is 0 Å². The SMILES string of the molecule is COc1cc(/C=N\NC(=O)CC[C@@H](C)[C@@H]2CC[C@@H]3[C@H]4[C@H](O)C[C@H]5C[C@@H](O)CC[C@]5(C)[C@@H]4CC[C@]32C)ccc1O. The third-order valence-corrected chi connectivity index (χ3v) is 11.8. The number of aliphatic hydroxyl groups is 2. The first kappa shape index (κ1) is 28.4. The van der Waals surface area contributed by atoms with Crippen LogP contribution < -0.4 is 10.2 Å². The van der Waals surface area contributed by atoms with Crippen molar-refractivity contribution in [2.75, 3.05) is 7.11 Å². The fraction of sp³-hybridized carbons (Fsp3) is 0.750. The molecule has 4 fully saturated rings. The number of phenolic OH excluding ortho intramolecular Hbond substituents is 1. The lowest BCUT2D eigenvalue weighted by atomic mass is 9.43. The van der Waals surface area contributed by atoms with Gasteiger partial charge in [0.2, 0.25) is 5.91 Å². The Bertz CT molecular complexity index is 1080. The molecule has 7 heteroatoms. The molecule has 39 heavy (non-hydrogen) atoms. The average molecular weight is 541 g/mol. The summed E-state index contributed by atoms with van der Waals surface area (Å²) in [6.45, 7) is 7.25. The van der Waals surface area contributed by atoms with Crippen LogP contribution in [0.3, 0.4) is 0 Å². The minimum Gasteiger partial charge on any atom is -0.504 e. The number of phenols is 1. The van der Waals surface area contributed by atoms with E-state index in [9.17, 15) is 20.1 Å². The van der Waals surface area contributed by atoms with Crippen LogP contribution in [-0.4, -0.2) is 46.8 Å². The molecule has 10 atom stereocenters. The Hall–Kier alpha value is -2.12. The monoisotopic (exact) mass is 540 g/mol. The van der Waals surface area contributed by atoms with Crippen LogP contribution in [0.4, 0.5) is 0 Å². The van der Waals surface area contributed by atoms with Gasteiger partial charge in [-0.05, 0) is 128 Å². The standard InChI is InChI=1S/C32H48N2O5/c1-19(5-10-29(38)34-33-18-20-6-9-26(36)28(15-20)39-4)23-7-8-24-30-25(12-14-32(23,24)3)31(2)13-11-22(35)16-21(31)17-27(30)37/h6,9,15,18-19,21-25,27,30,35-37H,5,7-8,10-14,16-17H2,1-4H3,(H,34,38)/b33-18-/t19-,21-,22+,23+,24-,25-,27-,30-,31+,32+/m1/s1. The fourth-order valence-electron chi connectivity index (χ4n) is 9.74. The van der Waals surface area contributed by atoms with Gasteiger partial charge in [-0.15, -0.1) is 0 Å². The third-order valence-electron chi connectivity index (χ3n) is 11.8. The third kappa shape index (κ3) is 5.21. The maximum Gasteiger partial charge on any atom is 0.240 e. The van der Waals surface area contributed by atoms with E-state index in [4.69, 9.17) is 4.74 Å². The summed E-state index contributed by atoms with van der Waals surface area (Å²) in [6, 6.07) is 4.92. The number of nitrogens with zero attached hydrogens (tertiary/aromatic N) is 1. The van der Waals surface area contributed by atoms with E-state index in [-0.39, 0.29) is 34.7 Å². The topological polar surface area (TPSA) is 111 Å². The highest BCUT2D eigenvalue weighted by atomic mass is 16.5. The van der Waals surface area contributed by atoms with Gasteiger partial charge in [0.25, 0.3) is 0 Å². The molecule has 4 aliphatic carbocycles. The van der Waals surface area contributed by atoms with E-state index in [2.05, 4.69) is 31.3 Å². The number of methoxy groups -OCH3 is 1. The molecule has 0 spiro atoms. The molecule has 1 aromatic carbocycles. The summed E-state index contributed by atoms with van der Waals surface area (Å²) in [5.41, 5.74) is 3.84. The molecule has 0 aliphatic heterocycles. The number of ether oxygens (including phenoxy) is 1. The average Bonchev–Trinajstić information content (AvgIpc) is 3.26. The zero-order valence-electron chi connectivity index (χ0n) is 24.1. The molecule has 0 heterocycles. The molecule has 0 bridgehead atoms. The van der Waals surface area contributed by atoms with Crippen LogP contribution in [0.15, 0.2) is 23.3 Å². The first-order chi connectivity index (χ1) is 18.6. The largest absolute Gasteiger partial charge is 0.504 e. The first-order valence-corrected chi connectivity index (χ1v) is 15.1. The van der Waals surface area contributed by atoms with Gasteiger partial charge < -0.3 is 20.1 Å². The molecule has 4 aliphatic rings. The van der Waals surface area contributed by atoms with E-state index >= 15 is 0 Å². The van der Waals surface area contributed by atoms with Gasteiger partial charge in [-0.1, -0.05) is 20.8 Å². The van der Waals surface area contributed by atoms with Crippen molar-refractivity contribution in [3.05, 3.63) is 23.8 Å². The normalized spacial score (nSPS) is 40.4. The van der Waals surface area contributed by atoms with Crippen molar-refractivity contribution in [3.63, 3.8) is 0 Å². The summed E-state index contributed by atoms with van der Waals surface area (Å²) < 4.78 is 5.12. The van der Waals surface area contributed by atoms with Crippen molar-refractivity contribution in [1.29, 1.82) is 0 Å². The fourth-order valence-corrected chi connectivity index (χ4v) is 9.74. The maximum atomic E-state index is 12.6. The van der Waals surface area contributed by atoms with Gasteiger partial charge in [-0.2, -0.15) is 5.10 Å². The van der Waals surface area contributed by atoms with Crippen LogP contribution in [0.1, 0.15) is 90.5 Å². The molecule has 4 N–H and O–H groups in total. The highest BCUT2D eigenvalue weighted by Crippen LogP contribution is 2.68. The van der Waals surface area contributed by atoms with Gasteiger partial charge in [-0.3, -0.25) is 4.79 Å². The number of carbonyl (C=O) groups excluding carboxylic acids is 1. The zero-order valence-corrected chi connectivity index (χ0v) is 24.1. The molecular weight excluding hydrogens is 492 g/mol. The minimum atomic E-state index is -0.255. The van der Waals surface area contributed by atoms with Gasteiger partial charge in [-0.25, -0.2) is 5.43 Å². The van der Waals surface area contributed by atoms with E-state index in [1.165, 1.54) is 38.9 Å². The Morgan fingerprint density at radius 3 is 2.64 bits per heavy atom. The lowest BCUT2D eigenvalue weighted by Gasteiger charge is -2.62. The predicted molar refractivity (Wildman–Crippen MR) is 151 cm³/mol. The molecule has 0 aromatic heterocycles. The molecule has 0 unspecified atom stereocenters. The van der Waals surface area contributed by atoms with E-state index < -0.39 is 0 Å². The van der Waals surface area contributed by atoms with Crippen molar-refractivity contribution in [2.45, 2.75) is 97.2 Å². The number of rotatable bonds is 7. The number of hydrogen-bond donors (Lipinski definition) is 4. The summed E-state index contributed by atoms with van der Waals surface area (Å²) in [4.78, 5) is 12.6. The molecule has 1 aromatic rings. The van der Waals surface area contributed by atoms with Crippen LogP contribution in [0.2, 0.25) is 0 Å². The lowest BCUT2D eigenvalue weighted by molar-refractivity contribution is -0.174. The molecular formula is C32H48N2O5. The summed E-state index contributed by atoms with van der Waals surface area (Å²) >= 11 is 0. The van der Waals surface area contributed by atoms with E-state index in [0.717, 1.165) is 37.7 Å². The maximum absolute atomic E-state index is 12.6. The number of aromatic hydroxyl groups is 1. The van der Waals surface area contributed by atoms with E-state index in [1.54, 1.807) is 18.3 Å². The molecule has 1 amide bonds. The van der Waals surface area contributed by atoms with Crippen LogP contribution in [0, 0.1) is 46.3 Å². The number of carbonyl (C=O) groups is 1. The lowest BCUT2D eigenvalue weighted by Crippen LogP contribution is -2.58. The van der Waals surface area contributed by atoms with Crippen LogP contribution in [0.5, 0.6) is 11.5 Å². The Morgan fingerprint density at radius 2 is 1.87 bits per heavy atom. The Labute approximate surface area is 233 Å². The molecule has 216 valence electrons. The van der Waals surface area contributed by atoms with Gasteiger partial charge >= 0.3 is 0 Å². The molecule has 5 rings (SSSR count). The van der Waals surface area contributed by atoms with E-state index in [0.29, 0.717) is 47.7 Å². The first-order valence-electron chi connectivity index (χ1n) is 15.1. The second-order valence-electron chi connectivity index (χ2n) is 13.7. The summed E-state index contributed by atoms with van der Waals surface area (Å²) in [6.07, 6.45) is 10.8. The highest BCUT2D eigenvalue weighted by Gasteiger charge is 2.62.